The Morgan fingerprint density at radius 3 is 2.80 bits per heavy atom. The number of piperidine rings is 1. The molecule has 1 atom stereocenters. The van der Waals surface area contributed by atoms with Gasteiger partial charge < -0.3 is 11.1 Å². The molecular weight excluding hydrogens is 405 g/mol. The number of hydrogen-bond acceptors (Lipinski definition) is 5. The minimum atomic E-state index is -3.66. The Morgan fingerprint density at radius 1 is 1.48 bits per heavy atom. The van der Waals surface area contributed by atoms with E-state index in [0.717, 1.165) is 4.90 Å². The fraction of sp³-hybridized carbons (Fsp3) is 0.533. The van der Waals surface area contributed by atoms with Crippen LogP contribution in [0.3, 0.4) is 0 Å². The molecule has 1 aliphatic heterocycles. The third-order valence-corrected chi connectivity index (χ3v) is 7.04. The highest BCUT2D eigenvalue weighted by Gasteiger charge is 2.33. The summed E-state index contributed by atoms with van der Waals surface area (Å²) in [5.74, 6) is -0.489. The monoisotopic (exact) mass is 427 g/mol. The molecule has 2 rings (SSSR count). The fourth-order valence-electron chi connectivity index (χ4n) is 2.67. The summed E-state index contributed by atoms with van der Waals surface area (Å²) in [6.07, 6.45) is 3.20. The van der Waals surface area contributed by atoms with E-state index in [2.05, 4.69) is 5.32 Å². The van der Waals surface area contributed by atoms with Crippen molar-refractivity contribution in [3.63, 3.8) is 0 Å². The molecule has 1 aromatic rings. The highest BCUT2D eigenvalue weighted by Crippen LogP contribution is 2.30. The number of carbonyl (C=O) groups excluding carboxylic acids is 1. The number of benzene rings is 1. The van der Waals surface area contributed by atoms with Gasteiger partial charge in [-0.3, -0.25) is 4.79 Å². The third-order valence-electron chi connectivity index (χ3n) is 3.96. The topological polar surface area (TPSA) is 92.5 Å². The summed E-state index contributed by atoms with van der Waals surface area (Å²) >= 11 is 7.59. The van der Waals surface area contributed by atoms with Crippen LogP contribution >= 0.6 is 35.8 Å². The van der Waals surface area contributed by atoms with E-state index in [1.165, 1.54) is 22.1 Å². The number of nitrogens with zero attached hydrogens (tertiary/aromatic N) is 1. The van der Waals surface area contributed by atoms with Gasteiger partial charge in [0.25, 0.3) is 0 Å². The average Bonchev–Trinajstić information content (AvgIpc) is 2.59. The quantitative estimate of drug-likeness (QED) is 0.676. The van der Waals surface area contributed by atoms with Crippen LogP contribution in [0, 0.1) is 5.92 Å². The van der Waals surface area contributed by atoms with Gasteiger partial charge >= 0.3 is 0 Å². The van der Waals surface area contributed by atoms with E-state index in [4.69, 9.17) is 17.3 Å². The molecule has 0 saturated carbocycles. The van der Waals surface area contributed by atoms with Crippen molar-refractivity contribution in [1.29, 1.82) is 0 Å². The summed E-state index contributed by atoms with van der Waals surface area (Å²) in [6, 6.07) is 4.74. The minimum absolute atomic E-state index is 0. The van der Waals surface area contributed by atoms with Crippen molar-refractivity contribution >= 4 is 51.7 Å². The van der Waals surface area contributed by atoms with E-state index in [-0.39, 0.29) is 35.7 Å². The minimum Gasteiger partial charge on any atom is -0.355 e. The number of halogens is 2. The Bertz CT molecular complexity index is 701. The lowest BCUT2D eigenvalue weighted by molar-refractivity contribution is -0.126. The van der Waals surface area contributed by atoms with E-state index in [9.17, 15) is 13.2 Å². The molecule has 1 heterocycles. The van der Waals surface area contributed by atoms with Crippen LogP contribution in [-0.2, 0) is 14.8 Å². The van der Waals surface area contributed by atoms with Gasteiger partial charge in [0.05, 0.1) is 15.8 Å². The molecule has 10 heteroatoms. The maximum atomic E-state index is 12.8. The lowest BCUT2D eigenvalue weighted by Crippen LogP contribution is -2.46. The summed E-state index contributed by atoms with van der Waals surface area (Å²) in [5, 5.41) is 3.14. The first-order valence-corrected chi connectivity index (χ1v) is 10.8. The second-order valence-electron chi connectivity index (χ2n) is 5.58. The van der Waals surface area contributed by atoms with Crippen molar-refractivity contribution in [3.05, 3.63) is 23.2 Å². The van der Waals surface area contributed by atoms with Gasteiger partial charge in [-0.05, 0) is 37.3 Å². The lowest BCUT2D eigenvalue weighted by Gasteiger charge is -2.31. The van der Waals surface area contributed by atoms with Crippen molar-refractivity contribution in [3.8, 4) is 0 Å². The first kappa shape index (κ1) is 22.5. The molecule has 0 spiro atoms. The molecule has 1 aliphatic rings. The van der Waals surface area contributed by atoms with Crippen LogP contribution < -0.4 is 11.1 Å². The SMILES string of the molecule is CSc1ccc(S(=O)(=O)N2CCCC(C(=O)NCCN)C2)cc1Cl.Cl. The summed E-state index contributed by atoms with van der Waals surface area (Å²) in [4.78, 5) is 13.1. The molecule has 142 valence electrons. The number of nitrogens with two attached hydrogens (primary N) is 1. The first-order valence-electron chi connectivity index (χ1n) is 7.71. The number of amides is 1. The van der Waals surface area contributed by atoms with E-state index in [0.29, 0.717) is 37.5 Å². The Morgan fingerprint density at radius 2 is 2.20 bits per heavy atom. The largest absolute Gasteiger partial charge is 0.355 e. The molecule has 1 saturated heterocycles. The average molecular weight is 428 g/mol. The maximum absolute atomic E-state index is 12.8. The second kappa shape index (κ2) is 9.99. The summed E-state index contributed by atoms with van der Waals surface area (Å²) < 4.78 is 27.0. The highest BCUT2D eigenvalue weighted by molar-refractivity contribution is 7.98. The number of rotatable bonds is 6. The van der Waals surface area contributed by atoms with Gasteiger partial charge in [-0.1, -0.05) is 11.6 Å². The Hall–Kier alpha value is -0.510. The van der Waals surface area contributed by atoms with Crippen molar-refractivity contribution < 1.29 is 13.2 Å². The molecule has 0 radical (unpaired) electrons. The predicted octanol–water partition coefficient (Wildman–Crippen LogP) is 1.96. The van der Waals surface area contributed by atoms with Crippen LogP contribution in [0.25, 0.3) is 0 Å². The van der Waals surface area contributed by atoms with E-state index in [1.807, 2.05) is 6.26 Å². The van der Waals surface area contributed by atoms with Gasteiger partial charge in [-0.2, -0.15) is 4.31 Å². The third kappa shape index (κ3) is 5.48. The van der Waals surface area contributed by atoms with Gasteiger partial charge in [-0.25, -0.2) is 8.42 Å². The van der Waals surface area contributed by atoms with Crippen LogP contribution in [0.1, 0.15) is 12.8 Å². The molecule has 0 aromatic heterocycles. The van der Waals surface area contributed by atoms with Gasteiger partial charge in [0.2, 0.25) is 15.9 Å². The molecule has 1 amide bonds. The Balaban J connectivity index is 0.00000312. The number of hydrogen-bond donors (Lipinski definition) is 2. The lowest BCUT2D eigenvalue weighted by atomic mass is 9.99. The zero-order valence-electron chi connectivity index (χ0n) is 13.9. The summed E-state index contributed by atoms with van der Waals surface area (Å²) in [6.45, 7) is 1.35. The van der Waals surface area contributed by atoms with Gasteiger partial charge in [-0.15, -0.1) is 24.2 Å². The van der Waals surface area contributed by atoms with Crippen LogP contribution in [0.4, 0.5) is 0 Å². The molecule has 3 N–H and O–H groups in total. The van der Waals surface area contributed by atoms with Crippen molar-refractivity contribution in [2.24, 2.45) is 11.7 Å². The Labute approximate surface area is 164 Å². The van der Waals surface area contributed by atoms with Crippen LogP contribution in [-0.4, -0.2) is 51.1 Å². The number of thioether (sulfide) groups is 1. The zero-order chi connectivity index (χ0) is 17.7. The number of nitrogens with one attached hydrogen (secondary N) is 1. The molecular formula is C15H23Cl2N3O3S2. The van der Waals surface area contributed by atoms with E-state index in [1.54, 1.807) is 12.1 Å². The molecule has 1 fully saturated rings. The molecule has 25 heavy (non-hydrogen) atoms. The maximum Gasteiger partial charge on any atom is 0.243 e. The van der Waals surface area contributed by atoms with E-state index < -0.39 is 10.0 Å². The number of carbonyl (C=O) groups is 1. The van der Waals surface area contributed by atoms with Crippen molar-refractivity contribution in [2.45, 2.75) is 22.6 Å². The summed E-state index contributed by atoms with van der Waals surface area (Å²) in [7, 11) is -3.66. The van der Waals surface area contributed by atoms with E-state index >= 15 is 0 Å². The van der Waals surface area contributed by atoms with Crippen molar-refractivity contribution in [2.75, 3.05) is 32.4 Å². The molecule has 0 aliphatic carbocycles. The number of sulfonamides is 1. The first-order chi connectivity index (χ1) is 11.4. The zero-order valence-corrected chi connectivity index (χ0v) is 17.1. The molecule has 1 unspecified atom stereocenters. The highest BCUT2D eigenvalue weighted by atomic mass is 35.5. The van der Waals surface area contributed by atoms with Crippen LogP contribution in [0.5, 0.6) is 0 Å². The van der Waals surface area contributed by atoms with Crippen LogP contribution in [0.15, 0.2) is 28.0 Å². The molecule has 0 bridgehead atoms. The van der Waals surface area contributed by atoms with Gasteiger partial charge in [0, 0.05) is 31.1 Å². The van der Waals surface area contributed by atoms with Gasteiger partial charge in [0.15, 0.2) is 0 Å². The molecule has 6 nitrogen and oxygen atoms in total. The summed E-state index contributed by atoms with van der Waals surface area (Å²) in [5.41, 5.74) is 5.38. The predicted molar refractivity (Wildman–Crippen MR) is 104 cm³/mol. The molecule has 1 aromatic carbocycles. The fourth-order valence-corrected chi connectivity index (χ4v) is 5.16. The Kier molecular flexibility index (Phi) is 9.00. The van der Waals surface area contributed by atoms with Crippen molar-refractivity contribution in [1.82, 2.24) is 9.62 Å². The normalized spacial score (nSPS) is 18.4. The standard InChI is InChI=1S/C15H22ClN3O3S2.ClH/c1-23-14-5-4-12(9-13(14)16)24(21,22)19-8-2-3-11(10-19)15(20)18-7-6-17;/h4-5,9,11H,2-3,6-8,10,17H2,1H3,(H,18,20);1H. The smallest absolute Gasteiger partial charge is 0.243 e. The van der Waals surface area contributed by atoms with Crippen LogP contribution in [0.2, 0.25) is 5.02 Å². The second-order valence-corrected chi connectivity index (χ2v) is 8.77. The van der Waals surface area contributed by atoms with Gasteiger partial charge in [0.1, 0.15) is 0 Å².